The van der Waals surface area contributed by atoms with E-state index < -0.39 is 18.2 Å². The standard InChI is InChI=1S/C32H32N2O5/c1-21-11-5-10-18-28(30(35)33-29(20-38-31(21)36)22-12-3-2-4-13-22)34-32(37)39-19-27-25-16-8-6-14-23(25)24-15-7-9-17-26(24)27/h2-10,12-17,21,27-29H,11,18-20H2,1H3,(H,33,35)(H,34,37)/b10-5-/t21-,28-,29+/m1/s1. The Bertz CT molecular complexity index is 1320. The van der Waals surface area contributed by atoms with Gasteiger partial charge in [-0.2, -0.15) is 0 Å². The predicted octanol–water partition coefficient (Wildman–Crippen LogP) is 5.28. The van der Waals surface area contributed by atoms with Gasteiger partial charge < -0.3 is 20.1 Å². The van der Waals surface area contributed by atoms with Gasteiger partial charge in [0.15, 0.2) is 0 Å². The summed E-state index contributed by atoms with van der Waals surface area (Å²) < 4.78 is 11.2. The molecule has 3 atom stereocenters. The van der Waals surface area contributed by atoms with Crippen LogP contribution >= 0.6 is 0 Å². The normalized spacial score (nSPS) is 22.2. The number of cyclic esters (lactones) is 1. The molecule has 0 unspecified atom stereocenters. The van der Waals surface area contributed by atoms with Crippen molar-refractivity contribution in [2.24, 2.45) is 5.92 Å². The number of nitrogens with one attached hydrogen (secondary N) is 2. The van der Waals surface area contributed by atoms with E-state index >= 15 is 0 Å². The van der Waals surface area contributed by atoms with E-state index in [1.807, 2.05) is 60.7 Å². The van der Waals surface area contributed by atoms with Crippen molar-refractivity contribution >= 4 is 18.0 Å². The topological polar surface area (TPSA) is 93.7 Å². The van der Waals surface area contributed by atoms with Crippen molar-refractivity contribution in [2.75, 3.05) is 13.2 Å². The van der Waals surface area contributed by atoms with Crippen LogP contribution in [0.1, 0.15) is 48.4 Å². The minimum Gasteiger partial charge on any atom is -0.463 e. The van der Waals surface area contributed by atoms with E-state index in [0.29, 0.717) is 6.42 Å². The third-order valence-corrected chi connectivity index (χ3v) is 7.29. The second kappa shape index (κ2) is 12.0. The molecule has 5 rings (SSSR count). The molecular formula is C32H32N2O5. The first-order valence-electron chi connectivity index (χ1n) is 13.3. The van der Waals surface area contributed by atoms with Crippen molar-refractivity contribution in [3.05, 3.63) is 108 Å². The molecule has 7 heteroatoms. The van der Waals surface area contributed by atoms with Crippen molar-refractivity contribution < 1.29 is 23.9 Å². The Hall–Kier alpha value is -4.39. The summed E-state index contributed by atoms with van der Waals surface area (Å²) >= 11 is 0. The molecule has 39 heavy (non-hydrogen) atoms. The second-order valence-electron chi connectivity index (χ2n) is 9.97. The molecule has 1 heterocycles. The monoisotopic (exact) mass is 524 g/mol. The van der Waals surface area contributed by atoms with Crippen molar-refractivity contribution in [1.82, 2.24) is 10.6 Å². The first kappa shape index (κ1) is 26.2. The number of esters is 1. The van der Waals surface area contributed by atoms with Gasteiger partial charge in [-0.15, -0.1) is 0 Å². The molecule has 0 aromatic heterocycles. The number of amides is 2. The molecule has 0 saturated heterocycles. The van der Waals surface area contributed by atoms with Crippen LogP contribution in [0.3, 0.4) is 0 Å². The molecule has 3 aromatic rings. The average Bonchev–Trinajstić information content (AvgIpc) is 3.28. The Morgan fingerprint density at radius 2 is 1.51 bits per heavy atom. The smallest absolute Gasteiger partial charge is 0.407 e. The third-order valence-electron chi connectivity index (χ3n) is 7.29. The van der Waals surface area contributed by atoms with Gasteiger partial charge in [-0.1, -0.05) is 97.9 Å². The molecule has 1 aliphatic carbocycles. The highest BCUT2D eigenvalue weighted by Crippen LogP contribution is 2.44. The lowest BCUT2D eigenvalue weighted by Gasteiger charge is -2.24. The molecular weight excluding hydrogens is 492 g/mol. The van der Waals surface area contributed by atoms with Crippen LogP contribution in [0.2, 0.25) is 0 Å². The summed E-state index contributed by atoms with van der Waals surface area (Å²) in [7, 11) is 0. The van der Waals surface area contributed by atoms with Gasteiger partial charge >= 0.3 is 12.1 Å². The van der Waals surface area contributed by atoms with Gasteiger partial charge in [0.25, 0.3) is 0 Å². The largest absolute Gasteiger partial charge is 0.463 e. The van der Waals surface area contributed by atoms with Crippen LogP contribution in [0.4, 0.5) is 4.79 Å². The maximum Gasteiger partial charge on any atom is 0.407 e. The van der Waals surface area contributed by atoms with Crippen LogP contribution in [0.5, 0.6) is 0 Å². The molecule has 0 spiro atoms. The van der Waals surface area contributed by atoms with Crippen LogP contribution in [-0.2, 0) is 19.1 Å². The number of benzene rings is 3. The molecule has 2 amide bonds. The fourth-order valence-corrected chi connectivity index (χ4v) is 5.13. The maximum atomic E-state index is 13.3. The maximum absolute atomic E-state index is 13.3. The number of carbonyl (C=O) groups excluding carboxylic acids is 3. The molecule has 0 radical (unpaired) electrons. The van der Waals surface area contributed by atoms with Crippen molar-refractivity contribution in [3.63, 3.8) is 0 Å². The van der Waals surface area contributed by atoms with Crippen LogP contribution in [0.25, 0.3) is 11.1 Å². The van der Waals surface area contributed by atoms with Gasteiger partial charge in [0, 0.05) is 5.92 Å². The average molecular weight is 525 g/mol. The summed E-state index contributed by atoms with van der Waals surface area (Å²) in [6, 6.07) is 24.2. The Balaban J connectivity index is 1.29. The van der Waals surface area contributed by atoms with E-state index in [0.717, 1.165) is 27.8 Å². The Kier molecular flexibility index (Phi) is 8.06. The van der Waals surface area contributed by atoms with Crippen LogP contribution < -0.4 is 10.6 Å². The van der Waals surface area contributed by atoms with Gasteiger partial charge in [0.05, 0.1) is 12.0 Å². The zero-order valence-electron chi connectivity index (χ0n) is 21.8. The number of hydrogen-bond donors (Lipinski definition) is 2. The van der Waals surface area contributed by atoms with Crippen molar-refractivity contribution in [3.8, 4) is 11.1 Å². The highest BCUT2D eigenvalue weighted by atomic mass is 16.5. The number of ether oxygens (including phenoxy) is 2. The summed E-state index contributed by atoms with van der Waals surface area (Å²) in [5.74, 6) is -1.09. The van der Waals surface area contributed by atoms with E-state index in [-0.39, 0.29) is 43.3 Å². The summed E-state index contributed by atoms with van der Waals surface area (Å²) in [6.45, 7) is 1.96. The number of rotatable bonds is 4. The first-order chi connectivity index (χ1) is 19.0. The first-order valence-corrected chi connectivity index (χ1v) is 13.3. The quantitative estimate of drug-likeness (QED) is 0.358. The highest BCUT2D eigenvalue weighted by molar-refractivity contribution is 5.86. The molecule has 2 aliphatic rings. The highest BCUT2D eigenvalue weighted by Gasteiger charge is 2.30. The van der Waals surface area contributed by atoms with E-state index in [1.165, 1.54) is 0 Å². The molecule has 1 aliphatic heterocycles. The minimum absolute atomic E-state index is 0.000303. The number of allylic oxidation sites excluding steroid dienone is 1. The van der Waals surface area contributed by atoms with Crippen LogP contribution in [0, 0.1) is 5.92 Å². The summed E-state index contributed by atoms with van der Waals surface area (Å²) in [5, 5.41) is 5.70. The molecule has 0 saturated carbocycles. The molecule has 3 aromatic carbocycles. The Morgan fingerprint density at radius 3 is 2.21 bits per heavy atom. The molecule has 7 nitrogen and oxygen atoms in total. The zero-order chi connectivity index (χ0) is 27.2. The lowest BCUT2D eigenvalue weighted by Crippen LogP contribution is -2.48. The number of alkyl carbamates (subject to hydrolysis) is 1. The van der Waals surface area contributed by atoms with Gasteiger partial charge in [-0.3, -0.25) is 9.59 Å². The summed E-state index contributed by atoms with van der Waals surface area (Å²) in [4.78, 5) is 38.7. The van der Waals surface area contributed by atoms with Gasteiger partial charge in [0.2, 0.25) is 5.91 Å². The van der Waals surface area contributed by atoms with Crippen LogP contribution in [0.15, 0.2) is 91.0 Å². The SMILES string of the molecule is C[C@@H]1C/C=C\C[C@@H](NC(=O)OCC2c3ccccc3-c3ccccc32)C(=O)N[C@H](c2ccccc2)COC1=O. The second-order valence-corrected chi connectivity index (χ2v) is 9.97. The lowest BCUT2D eigenvalue weighted by molar-refractivity contribution is -0.149. The van der Waals surface area contributed by atoms with E-state index in [4.69, 9.17) is 9.47 Å². The molecule has 200 valence electrons. The van der Waals surface area contributed by atoms with Gasteiger partial charge in [-0.25, -0.2) is 4.79 Å². The van der Waals surface area contributed by atoms with Gasteiger partial charge in [-0.05, 0) is 40.7 Å². The van der Waals surface area contributed by atoms with E-state index in [9.17, 15) is 14.4 Å². The molecule has 0 bridgehead atoms. The van der Waals surface area contributed by atoms with Crippen molar-refractivity contribution in [2.45, 2.75) is 37.8 Å². The van der Waals surface area contributed by atoms with E-state index in [1.54, 1.807) is 13.0 Å². The predicted molar refractivity (Wildman–Crippen MR) is 148 cm³/mol. The van der Waals surface area contributed by atoms with E-state index in [2.05, 4.69) is 34.9 Å². The van der Waals surface area contributed by atoms with Crippen LogP contribution in [-0.4, -0.2) is 37.2 Å². The number of hydrogen-bond acceptors (Lipinski definition) is 5. The zero-order valence-corrected chi connectivity index (χ0v) is 21.8. The third kappa shape index (κ3) is 6.03. The van der Waals surface area contributed by atoms with Crippen molar-refractivity contribution in [1.29, 1.82) is 0 Å². The molecule has 0 fully saturated rings. The molecule has 2 N–H and O–H groups in total. The summed E-state index contributed by atoms with van der Waals surface area (Å²) in [5.41, 5.74) is 5.33. The fraction of sp³-hybridized carbons (Fsp3) is 0.281. The number of fused-ring (bicyclic) bond motifs is 3. The number of carbonyl (C=O) groups is 3. The summed E-state index contributed by atoms with van der Waals surface area (Å²) in [6.07, 6.45) is 3.72. The fourth-order valence-electron chi connectivity index (χ4n) is 5.13. The Labute approximate surface area is 228 Å². The minimum atomic E-state index is -0.853. The Morgan fingerprint density at radius 1 is 0.897 bits per heavy atom. The lowest BCUT2D eigenvalue weighted by atomic mass is 9.98. The van der Waals surface area contributed by atoms with Gasteiger partial charge in [0.1, 0.15) is 19.3 Å².